The van der Waals surface area contributed by atoms with Crippen LogP contribution >= 0.6 is 12.2 Å². The van der Waals surface area contributed by atoms with Crippen LogP contribution in [0.25, 0.3) is 0 Å². The van der Waals surface area contributed by atoms with Gasteiger partial charge in [-0.1, -0.05) is 18.3 Å². The minimum Gasteiger partial charge on any atom is -0.388 e. The summed E-state index contributed by atoms with van der Waals surface area (Å²) in [7, 11) is 0. The molecule has 2 rings (SSSR count). The van der Waals surface area contributed by atoms with Crippen LogP contribution in [0.5, 0.6) is 0 Å². The number of anilines is 2. The van der Waals surface area contributed by atoms with Crippen molar-refractivity contribution in [3.63, 3.8) is 0 Å². The van der Waals surface area contributed by atoms with Crippen LogP contribution in [-0.2, 0) is 6.18 Å². The number of hydrogen-bond acceptors (Lipinski definition) is 3. The van der Waals surface area contributed by atoms with E-state index in [2.05, 4.69) is 10.3 Å². The quantitative estimate of drug-likeness (QED) is 0.847. The molecule has 0 atom stereocenters. The summed E-state index contributed by atoms with van der Waals surface area (Å²) in [6, 6.07) is 7.31. The van der Waals surface area contributed by atoms with Crippen LogP contribution < -0.4 is 11.1 Å². The maximum absolute atomic E-state index is 12.8. The van der Waals surface area contributed by atoms with Gasteiger partial charge in [0, 0.05) is 5.69 Å². The maximum atomic E-state index is 12.8. The van der Waals surface area contributed by atoms with Crippen molar-refractivity contribution < 1.29 is 13.2 Å². The second-order valence-electron chi connectivity index (χ2n) is 4.45. The maximum Gasteiger partial charge on any atom is 0.416 e. The van der Waals surface area contributed by atoms with E-state index in [0.29, 0.717) is 17.1 Å². The first-order chi connectivity index (χ1) is 9.77. The molecule has 0 fully saturated rings. The van der Waals surface area contributed by atoms with Crippen molar-refractivity contribution in [3.05, 3.63) is 53.3 Å². The van der Waals surface area contributed by atoms with E-state index in [1.54, 1.807) is 18.2 Å². The van der Waals surface area contributed by atoms with Gasteiger partial charge in [0.2, 0.25) is 0 Å². The van der Waals surface area contributed by atoms with Crippen LogP contribution in [0.3, 0.4) is 0 Å². The summed E-state index contributed by atoms with van der Waals surface area (Å²) in [5, 5.41) is 2.86. The number of nitrogens with two attached hydrogens (primary N) is 1. The molecular weight excluding hydrogens is 299 g/mol. The molecule has 0 aliphatic heterocycles. The van der Waals surface area contributed by atoms with Crippen LogP contribution in [0.1, 0.15) is 16.8 Å². The summed E-state index contributed by atoms with van der Waals surface area (Å²) >= 11 is 4.78. The highest BCUT2D eigenvalue weighted by Gasteiger charge is 2.32. The molecule has 3 N–H and O–H groups in total. The zero-order valence-electron chi connectivity index (χ0n) is 11.0. The second kappa shape index (κ2) is 5.69. The smallest absolute Gasteiger partial charge is 0.388 e. The molecule has 0 saturated heterocycles. The van der Waals surface area contributed by atoms with Gasteiger partial charge in [0.1, 0.15) is 4.99 Å². The Kier molecular flexibility index (Phi) is 4.13. The summed E-state index contributed by atoms with van der Waals surface area (Å²) in [4.78, 5) is 4.18. The van der Waals surface area contributed by atoms with E-state index in [0.717, 1.165) is 6.07 Å². The molecule has 21 heavy (non-hydrogen) atoms. The first kappa shape index (κ1) is 15.2. The molecule has 2 aromatic rings. The van der Waals surface area contributed by atoms with Gasteiger partial charge in [-0.15, -0.1) is 0 Å². The summed E-state index contributed by atoms with van der Waals surface area (Å²) < 4.78 is 38.5. The molecule has 0 radical (unpaired) electrons. The summed E-state index contributed by atoms with van der Waals surface area (Å²) in [5.41, 5.74) is 6.27. The number of alkyl halides is 3. The molecule has 0 amide bonds. The Morgan fingerprint density at radius 2 is 1.86 bits per heavy atom. The molecule has 0 bridgehead atoms. The van der Waals surface area contributed by atoms with Gasteiger partial charge in [-0.05, 0) is 36.8 Å². The van der Waals surface area contributed by atoms with E-state index in [1.807, 2.05) is 0 Å². The molecule has 7 heteroatoms. The fourth-order valence-corrected chi connectivity index (χ4v) is 1.91. The van der Waals surface area contributed by atoms with Gasteiger partial charge in [0.15, 0.2) is 0 Å². The van der Waals surface area contributed by atoms with Crippen LogP contribution in [0.2, 0.25) is 0 Å². The van der Waals surface area contributed by atoms with E-state index < -0.39 is 11.7 Å². The number of rotatable bonds is 3. The zero-order valence-corrected chi connectivity index (χ0v) is 11.8. The highest BCUT2D eigenvalue weighted by Crippen LogP contribution is 2.34. The average Bonchev–Trinajstić information content (AvgIpc) is 2.40. The Bertz CT molecular complexity index is 666. The minimum atomic E-state index is -4.38. The Labute approximate surface area is 125 Å². The molecule has 0 unspecified atom stereocenters. The summed E-state index contributed by atoms with van der Waals surface area (Å²) in [6.45, 7) is 1.42. The van der Waals surface area contributed by atoms with Gasteiger partial charge in [0.25, 0.3) is 0 Å². The predicted molar refractivity (Wildman–Crippen MR) is 79.6 cm³/mol. The lowest BCUT2D eigenvalue weighted by Gasteiger charge is -2.13. The lowest BCUT2D eigenvalue weighted by Crippen LogP contribution is -2.11. The number of pyridine rings is 1. The minimum absolute atomic E-state index is 0.163. The van der Waals surface area contributed by atoms with Crippen molar-refractivity contribution >= 4 is 28.6 Å². The summed E-state index contributed by atoms with van der Waals surface area (Å²) in [5.74, 6) is 0. The van der Waals surface area contributed by atoms with Crippen molar-refractivity contribution in [2.75, 3.05) is 5.32 Å². The third kappa shape index (κ3) is 3.69. The molecule has 0 saturated carbocycles. The van der Waals surface area contributed by atoms with Crippen molar-refractivity contribution in [1.29, 1.82) is 0 Å². The molecule has 0 aliphatic rings. The normalized spacial score (nSPS) is 11.2. The van der Waals surface area contributed by atoms with E-state index in [-0.39, 0.29) is 10.6 Å². The molecule has 3 nitrogen and oxygen atoms in total. The highest BCUT2D eigenvalue weighted by molar-refractivity contribution is 7.80. The van der Waals surface area contributed by atoms with Crippen LogP contribution in [-0.4, -0.2) is 9.97 Å². The fraction of sp³-hybridized carbons (Fsp3) is 0.143. The monoisotopic (exact) mass is 311 g/mol. The highest BCUT2D eigenvalue weighted by atomic mass is 32.1. The van der Waals surface area contributed by atoms with Crippen LogP contribution in [0.4, 0.5) is 24.5 Å². The molecule has 1 aromatic carbocycles. The third-order valence-corrected chi connectivity index (χ3v) is 3.06. The van der Waals surface area contributed by atoms with Gasteiger partial charge >= 0.3 is 6.18 Å². The van der Waals surface area contributed by atoms with Gasteiger partial charge < -0.3 is 11.1 Å². The van der Waals surface area contributed by atoms with E-state index in [9.17, 15) is 13.2 Å². The van der Waals surface area contributed by atoms with Crippen LogP contribution in [0, 0.1) is 6.92 Å². The number of nitrogens with zero attached hydrogens (tertiary/aromatic N) is 1. The van der Waals surface area contributed by atoms with E-state index in [4.69, 9.17) is 18.0 Å². The first-order valence-corrected chi connectivity index (χ1v) is 6.39. The predicted octanol–water partition coefficient (Wildman–Crippen LogP) is 3.79. The van der Waals surface area contributed by atoms with Gasteiger partial charge in [-0.3, -0.25) is 4.98 Å². The summed E-state index contributed by atoms with van der Waals surface area (Å²) in [6.07, 6.45) is -2.92. The Hall–Kier alpha value is -2.15. The largest absolute Gasteiger partial charge is 0.416 e. The lowest BCUT2D eigenvalue weighted by molar-refractivity contribution is -0.138. The van der Waals surface area contributed by atoms with Crippen molar-refractivity contribution in [2.45, 2.75) is 13.1 Å². The number of hydrogen-bond donors (Lipinski definition) is 2. The molecule has 0 spiro atoms. The molecule has 0 aliphatic carbocycles. The number of benzene rings is 1. The fourth-order valence-electron chi connectivity index (χ4n) is 1.79. The van der Waals surface area contributed by atoms with E-state index >= 15 is 0 Å². The first-order valence-electron chi connectivity index (χ1n) is 5.98. The topological polar surface area (TPSA) is 50.9 Å². The Balaban J connectivity index is 2.26. The zero-order chi connectivity index (χ0) is 15.6. The number of thiocarbonyl (C=S) groups is 1. The number of aromatic nitrogens is 1. The standard InChI is InChI=1S/C14H12F3N3S/c1-8-2-3-9(6-11(8)14(15,16)17)20-10-4-5-12(13(18)21)19-7-10/h2-7,20H,1H3,(H2,18,21). The molecule has 1 heterocycles. The average molecular weight is 311 g/mol. The van der Waals surface area contributed by atoms with Gasteiger partial charge in [0.05, 0.1) is 23.1 Å². The van der Waals surface area contributed by atoms with Crippen molar-refractivity contribution in [3.8, 4) is 0 Å². The number of aryl methyl sites for hydroxylation is 1. The van der Waals surface area contributed by atoms with Crippen molar-refractivity contribution in [2.24, 2.45) is 5.73 Å². The van der Waals surface area contributed by atoms with E-state index in [1.165, 1.54) is 19.2 Å². The van der Waals surface area contributed by atoms with Gasteiger partial charge in [-0.25, -0.2) is 0 Å². The second-order valence-corrected chi connectivity index (χ2v) is 4.89. The number of nitrogens with one attached hydrogen (secondary N) is 1. The molecule has 1 aromatic heterocycles. The Morgan fingerprint density at radius 1 is 1.19 bits per heavy atom. The molecular formula is C14H12F3N3S. The Morgan fingerprint density at radius 3 is 2.38 bits per heavy atom. The third-order valence-electron chi connectivity index (χ3n) is 2.85. The SMILES string of the molecule is Cc1ccc(Nc2ccc(C(N)=S)nc2)cc1C(F)(F)F. The number of halogens is 3. The van der Waals surface area contributed by atoms with Crippen molar-refractivity contribution in [1.82, 2.24) is 4.98 Å². The van der Waals surface area contributed by atoms with Crippen LogP contribution in [0.15, 0.2) is 36.5 Å². The lowest BCUT2D eigenvalue weighted by atomic mass is 10.1. The molecule has 110 valence electrons. The van der Waals surface area contributed by atoms with Gasteiger partial charge in [-0.2, -0.15) is 13.2 Å².